The molecule has 20 atom stereocenters. The van der Waals surface area contributed by atoms with Crippen LogP contribution in [-0.4, -0.2) is 128 Å². The third-order valence-corrected chi connectivity index (χ3v) is 16.2. The standard InChI is InChI=1S/C41H70O12/c1-20(2)9-10-21(3)35(53-37-34(49)32(47)31(46)25(52-37)19-50-36-33(48)30(45)24(18-42)51-36)22-11-15-41(8)29(22)23(43)17-27-39(6)14-13-28(44)38(4,5)26(39)12-16-40(27,41)7/h9,21-37,42-49H,10-19H2,1-8H3. The molecule has 0 radical (unpaired) electrons. The predicted molar refractivity (Wildman–Crippen MR) is 195 cm³/mol. The Balaban J connectivity index is 1.25. The number of ether oxygens (including phenoxy) is 4. The molecule has 0 spiro atoms. The Morgan fingerprint density at radius 3 is 2.02 bits per heavy atom. The third-order valence-electron chi connectivity index (χ3n) is 16.2. The lowest BCUT2D eigenvalue weighted by molar-refractivity contribution is -0.328. The number of aliphatic hydroxyl groups excluding tert-OH is 8. The molecule has 4 saturated carbocycles. The molecule has 12 heteroatoms. The first-order valence-corrected chi connectivity index (χ1v) is 20.3. The number of rotatable bonds is 10. The van der Waals surface area contributed by atoms with Crippen LogP contribution >= 0.6 is 0 Å². The Morgan fingerprint density at radius 2 is 1.38 bits per heavy atom. The van der Waals surface area contributed by atoms with Crippen molar-refractivity contribution >= 4 is 0 Å². The molecule has 20 unspecified atom stereocenters. The summed E-state index contributed by atoms with van der Waals surface area (Å²) in [7, 11) is 0. The van der Waals surface area contributed by atoms with Gasteiger partial charge in [-0.2, -0.15) is 0 Å². The molecule has 6 aliphatic rings. The Labute approximate surface area is 315 Å². The zero-order valence-corrected chi connectivity index (χ0v) is 33.2. The quantitative estimate of drug-likeness (QED) is 0.152. The van der Waals surface area contributed by atoms with Crippen molar-refractivity contribution in [3.63, 3.8) is 0 Å². The van der Waals surface area contributed by atoms with Crippen LogP contribution in [-0.2, 0) is 18.9 Å². The SMILES string of the molecule is CC(C)=CCC(C)C(OC1OC(COC2OC(CO)C(O)C2O)C(O)C(O)C1O)C1CCC2(C)C1C(O)CC1C3(C)CCC(O)C(C)(C)C3CCC12C. The molecule has 53 heavy (non-hydrogen) atoms. The van der Waals surface area contributed by atoms with Crippen LogP contribution in [0.2, 0.25) is 0 Å². The van der Waals surface area contributed by atoms with E-state index in [0.29, 0.717) is 24.7 Å². The average Bonchev–Trinajstić information content (AvgIpc) is 3.61. The number of hydrogen-bond donors (Lipinski definition) is 8. The molecule has 306 valence electrons. The highest BCUT2D eigenvalue weighted by atomic mass is 16.7. The molecular formula is C41H70O12. The van der Waals surface area contributed by atoms with E-state index in [2.05, 4.69) is 47.6 Å². The fourth-order valence-electron chi connectivity index (χ4n) is 12.9. The van der Waals surface area contributed by atoms with Crippen molar-refractivity contribution in [3.05, 3.63) is 11.6 Å². The summed E-state index contributed by atoms with van der Waals surface area (Å²) in [5.74, 6) is 0.478. The molecule has 6 fully saturated rings. The Kier molecular flexibility index (Phi) is 12.0. The maximum absolute atomic E-state index is 12.4. The second-order valence-electron chi connectivity index (χ2n) is 19.5. The lowest BCUT2D eigenvalue weighted by Gasteiger charge is -2.70. The van der Waals surface area contributed by atoms with Crippen molar-refractivity contribution < 1.29 is 59.8 Å². The van der Waals surface area contributed by atoms with E-state index >= 15 is 0 Å². The van der Waals surface area contributed by atoms with Gasteiger partial charge < -0.3 is 59.8 Å². The topological polar surface area (TPSA) is 199 Å². The minimum atomic E-state index is -1.62. The fraction of sp³-hybridized carbons (Fsp3) is 0.951. The zero-order valence-electron chi connectivity index (χ0n) is 33.2. The molecule has 0 amide bonds. The van der Waals surface area contributed by atoms with Crippen LogP contribution in [0.15, 0.2) is 11.6 Å². The molecule has 0 aromatic heterocycles. The first-order chi connectivity index (χ1) is 24.7. The molecule has 2 heterocycles. The molecule has 4 aliphatic carbocycles. The maximum atomic E-state index is 12.4. The molecule has 8 N–H and O–H groups in total. The highest BCUT2D eigenvalue weighted by Gasteiger charge is 2.71. The summed E-state index contributed by atoms with van der Waals surface area (Å²) in [5.41, 5.74) is 0.745. The van der Waals surface area contributed by atoms with Crippen molar-refractivity contribution in [2.45, 2.75) is 180 Å². The van der Waals surface area contributed by atoms with Crippen LogP contribution in [0.1, 0.15) is 107 Å². The Bertz CT molecular complexity index is 1310. The summed E-state index contributed by atoms with van der Waals surface area (Å²) in [6.07, 6.45) is -4.62. The summed E-state index contributed by atoms with van der Waals surface area (Å²) >= 11 is 0. The van der Waals surface area contributed by atoms with Gasteiger partial charge in [-0.05, 0) is 116 Å². The van der Waals surface area contributed by atoms with Crippen molar-refractivity contribution in [1.82, 2.24) is 0 Å². The van der Waals surface area contributed by atoms with Gasteiger partial charge in [-0.15, -0.1) is 0 Å². The number of hydrogen-bond acceptors (Lipinski definition) is 12. The molecule has 2 saturated heterocycles. The Hall–Kier alpha value is -0.740. The molecule has 0 aromatic rings. The summed E-state index contributed by atoms with van der Waals surface area (Å²) < 4.78 is 24.1. The van der Waals surface area contributed by atoms with Crippen LogP contribution < -0.4 is 0 Å². The van der Waals surface area contributed by atoms with E-state index in [-0.39, 0.29) is 52.1 Å². The molecule has 12 nitrogen and oxygen atoms in total. The third kappa shape index (κ3) is 6.90. The van der Waals surface area contributed by atoms with Crippen LogP contribution in [0.25, 0.3) is 0 Å². The number of allylic oxidation sites excluding steroid dienone is 2. The summed E-state index contributed by atoms with van der Waals surface area (Å²) in [6.45, 7) is 17.1. The predicted octanol–water partition coefficient (Wildman–Crippen LogP) is 2.64. The van der Waals surface area contributed by atoms with Crippen molar-refractivity contribution in [2.75, 3.05) is 13.2 Å². The van der Waals surface area contributed by atoms with Crippen LogP contribution in [0.5, 0.6) is 0 Å². The fourth-order valence-corrected chi connectivity index (χ4v) is 12.9. The zero-order chi connectivity index (χ0) is 39.0. The summed E-state index contributed by atoms with van der Waals surface area (Å²) in [5, 5.41) is 86.6. The normalized spacial score (nSPS) is 51.9. The molecule has 0 aromatic carbocycles. The summed E-state index contributed by atoms with van der Waals surface area (Å²) in [6, 6.07) is 0. The van der Waals surface area contributed by atoms with Crippen LogP contribution in [0, 0.1) is 51.2 Å². The Morgan fingerprint density at radius 1 is 0.755 bits per heavy atom. The highest BCUT2D eigenvalue weighted by molar-refractivity contribution is 5.19. The minimum Gasteiger partial charge on any atom is -0.394 e. The van der Waals surface area contributed by atoms with E-state index in [1.165, 1.54) is 5.57 Å². The van der Waals surface area contributed by atoms with E-state index < -0.39 is 74.1 Å². The highest BCUT2D eigenvalue weighted by Crippen LogP contribution is 2.75. The maximum Gasteiger partial charge on any atom is 0.186 e. The van der Waals surface area contributed by atoms with Gasteiger partial charge in [0.1, 0.15) is 42.7 Å². The van der Waals surface area contributed by atoms with Gasteiger partial charge in [-0.1, -0.05) is 53.2 Å². The van der Waals surface area contributed by atoms with E-state index in [1.807, 2.05) is 13.8 Å². The number of fused-ring (bicyclic) bond motifs is 5. The van der Waals surface area contributed by atoms with E-state index in [9.17, 15) is 40.9 Å². The van der Waals surface area contributed by atoms with Crippen molar-refractivity contribution in [1.29, 1.82) is 0 Å². The van der Waals surface area contributed by atoms with Gasteiger partial charge in [0.15, 0.2) is 12.6 Å². The van der Waals surface area contributed by atoms with Crippen molar-refractivity contribution in [2.24, 2.45) is 51.2 Å². The van der Waals surface area contributed by atoms with Crippen molar-refractivity contribution in [3.8, 4) is 0 Å². The van der Waals surface area contributed by atoms with Crippen LogP contribution in [0.4, 0.5) is 0 Å². The average molecular weight is 755 g/mol. The molecule has 6 rings (SSSR count). The first kappa shape index (κ1) is 41.9. The second-order valence-corrected chi connectivity index (χ2v) is 19.5. The van der Waals surface area contributed by atoms with Gasteiger partial charge >= 0.3 is 0 Å². The largest absolute Gasteiger partial charge is 0.394 e. The second kappa shape index (κ2) is 15.2. The monoisotopic (exact) mass is 754 g/mol. The van der Waals surface area contributed by atoms with Gasteiger partial charge in [-0.25, -0.2) is 0 Å². The van der Waals surface area contributed by atoms with Crippen LogP contribution in [0.3, 0.4) is 0 Å². The molecule has 0 bridgehead atoms. The summed E-state index contributed by atoms with van der Waals surface area (Å²) in [4.78, 5) is 0. The molecule has 2 aliphatic heterocycles. The van der Waals surface area contributed by atoms with Gasteiger partial charge in [0.05, 0.1) is 31.5 Å². The first-order valence-electron chi connectivity index (χ1n) is 20.3. The van der Waals surface area contributed by atoms with Gasteiger partial charge in [-0.3, -0.25) is 0 Å². The van der Waals surface area contributed by atoms with Gasteiger partial charge in [0.25, 0.3) is 0 Å². The molecular weight excluding hydrogens is 684 g/mol. The van der Waals surface area contributed by atoms with Gasteiger partial charge in [0.2, 0.25) is 0 Å². The number of aliphatic hydroxyl groups is 8. The van der Waals surface area contributed by atoms with Gasteiger partial charge in [0, 0.05) is 0 Å². The lowest BCUT2D eigenvalue weighted by Crippen LogP contribution is -2.66. The minimum absolute atomic E-state index is 0.000196. The van der Waals surface area contributed by atoms with E-state index in [0.717, 1.165) is 38.5 Å². The lowest BCUT2D eigenvalue weighted by atomic mass is 9.35. The smallest absolute Gasteiger partial charge is 0.186 e. The van der Waals surface area contributed by atoms with E-state index in [4.69, 9.17) is 18.9 Å². The van der Waals surface area contributed by atoms with E-state index in [1.54, 1.807) is 0 Å².